The fraction of sp³-hybridized carbons (Fsp3) is 0.417. The van der Waals surface area contributed by atoms with Gasteiger partial charge in [0.05, 0.1) is 31.4 Å². The van der Waals surface area contributed by atoms with Crippen LogP contribution in [0.5, 0.6) is 0 Å². The van der Waals surface area contributed by atoms with Crippen molar-refractivity contribution in [2.45, 2.75) is 12.8 Å². The van der Waals surface area contributed by atoms with Gasteiger partial charge in [-0.3, -0.25) is 9.68 Å². The van der Waals surface area contributed by atoms with E-state index in [1.807, 2.05) is 25.1 Å². The molecule has 1 unspecified atom stereocenters. The van der Waals surface area contributed by atoms with Crippen molar-refractivity contribution in [1.29, 1.82) is 5.26 Å². The lowest BCUT2D eigenvalue weighted by Crippen LogP contribution is -2.19. The molecule has 2 rings (SSSR count). The van der Waals surface area contributed by atoms with E-state index in [0.717, 1.165) is 5.56 Å². The van der Waals surface area contributed by atoms with Crippen molar-refractivity contribution in [3.05, 3.63) is 35.4 Å². The van der Waals surface area contributed by atoms with Crippen LogP contribution < -0.4 is 0 Å². The maximum Gasteiger partial charge on any atom is 0.0991 e. The van der Waals surface area contributed by atoms with Gasteiger partial charge in [0.25, 0.3) is 0 Å². The van der Waals surface area contributed by atoms with E-state index in [0.29, 0.717) is 25.3 Å². The minimum atomic E-state index is 0.278. The number of benzene rings is 1. The molecule has 0 radical (unpaired) electrons. The molecule has 4 heteroatoms. The topological polar surface area (TPSA) is 45.5 Å². The molecule has 1 aromatic carbocycles. The molecule has 0 saturated carbocycles. The Morgan fingerprint density at radius 2 is 2.50 bits per heavy atom. The van der Waals surface area contributed by atoms with Crippen LogP contribution in [0, 0.1) is 11.3 Å². The van der Waals surface area contributed by atoms with Crippen LogP contribution in [0.15, 0.2) is 24.3 Å². The van der Waals surface area contributed by atoms with Gasteiger partial charge < -0.3 is 0 Å². The average molecular weight is 218 g/mol. The zero-order chi connectivity index (χ0) is 11.4. The lowest BCUT2D eigenvalue weighted by molar-refractivity contribution is -0.338. The molecule has 0 bridgehead atoms. The molecule has 0 N–H and O–H groups in total. The van der Waals surface area contributed by atoms with Crippen molar-refractivity contribution in [3.63, 3.8) is 0 Å². The monoisotopic (exact) mass is 218 g/mol. The van der Waals surface area contributed by atoms with Crippen LogP contribution >= 0.6 is 0 Å². The van der Waals surface area contributed by atoms with Crippen LogP contribution in [0.1, 0.15) is 24.0 Å². The number of rotatable bonds is 3. The molecule has 1 heterocycles. The van der Waals surface area contributed by atoms with Crippen molar-refractivity contribution in [2.24, 2.45) is 0 Å². The first-order chi connectivity index (χ1) is 7.83. The molecular weight excluding hydrogens is 204 g/mol. The van der Waals surface area contributed by atoms with E-state index in [2.05, 4.69) is 6.07 Å². The Morgan fingerprint density at radius 1 is 1.62 bits per heavy atom. The van der Waals surface area contributed by atoms with Crippen molar-refractivity contribution < 1.29 is 9.68 Å². The van der Waals surface area contributed by atoms with Crippen LogP contribution in [0.25, 0.3) is 0 Å². The molecule has 1 aliphatic rings. The number of nitrogens with zero attached hydrogens (tertiary/aromatic N) is 2. The Bertz CT molecular complexity index is 400. The summed E-state index contributed by atoms with van der Waals surface area (Å²) in [6.07, 6.45) is 0. The Morgan fingerprint density at radius 3 is 3.25 bits per heavy atom. The molecule has 16 heavy (non-hydrogen) atoms. The second-order valence-electron chi connectivity index (χ2n) is 3.66. The number of hydrogen-bond donors (Lipinski definition) is 0. The van der Waals surface area contributed by atoms with E-state index >= 15 is 0 Å². The standard InChI is InChI=1S/C12H14N2O2/c1-2-15-14-8-12(9-16-14)11-5-3-4-10(6-11)7-13/h3-6,12H,2,8-9H2,1H3. The van der Waals surface area contributed by atoms with Crippen LogP contribution in [0.4, 0.5) is 0 Å². The second kappa shape index (κ2) is 5.08. The maximum atomic E-state index is 8.82. The predicted molar refractivity (Wildman–Crippen MR) is 58.2 cm³/mol. The van der Waals surface area contributed by atoms with Crippen LogP contribution in [0.3, 0.4) is 0 Å². The van der Waals surface area contributed by atoms with Gasteiger partial charge in [0.1, 0.15) is 0 Å². The van der Waals surface area contributed by atoms with Gasteiger partial charge in [-0.2, -0.15) is 5.26 Å². The van der Waals surface area contributed by atoms with Crippen molar-refractivity contribution >= 4 is 0 Å². The molecule has 1 atom stereocenters. The normalized spacial score (nSPS) is 20.9. The molecule has 0 spiro atoms. The summed E-state index contributed by atoms with van der Waals surface area (Å²) in [5.41, 5.74) is 1.81. The summed E-state index contributed by atoms with van der Waals surface area (Å²) in [5.74, 6) is 0.278. The number of nitriles is 1. The van der Waals surface area contributed by atoms with Crippen molar-refractivity contribution in [3.8, 4) is 6.07 Å². The van der Waals surface area contributed by atoms with Crippen molar-refractivity contribution in [1.82, 2.24) is 5.23 Å². The summed E-state index contributed by atoms with van der Waals surface area (Å²) in [5, 5.41) is 10.3. The highest BCUT2D eigenvalue weighted by molar-refractivity contribution is 5.34. The van der Waals surface area contributed by atoms with Gasteiger partial charge >= 0.3 is 0 Å². The summed E-state index contributed by atoms with van der Waals surface area (Å²) in [6, 6.07) is 9.77. The van der Waals surface area contributed by atoms with E-state index in [9.17, 15) is 0 Å². The van der Waals surface area contributed by atoms with Gasteiger partial charge in [0.2, 0.25) is 0 Å². The minimum absolute atomic E-state index is 0.278. The van der Waals surface area contributed by atoms with Crippen LogP contribution in [-0.4, -0.2) is 25.0 Å². The summed E-state index contributed by atoms with van der Waals surface area (Å²) in [6.45, 7) is 3.84. The molecule has 1 fully saturated rings. The Labute approximate surface area is 94.9 Å². The lowest BCUT2D eigenvalue weighted by atomic mass is 9.99. The predicted octanol–water partition coefficient (Wildman–Crippen LogP) is 1.84. The molecule has 4 nitrogen and oxygen atoms in total. The summed E-state index contributed by atoms with van der Waals surface area (Å²) in [4.78, 5) is 10.6. The Balaban J connectivity index is 2.06. The van der Waals surface area contributed by atoms with Crippen LogP contribution in [0.2, 0.25) is 0 Å². The third-order valence-corrected chi connectivity index (χ3v) is 2.55. The molecule has 0 amide bonds. The first-order valence-electron chi connectivity index (χ1n) is 5.37. The fourth-order valence-electron chi connectivity index (χ4n) is 1.76. The zero-order valence-electron chi connectivity index (χ0n) is 9.22. The third-order valence-electron chi connectivity index (χ3n) is 2.55. The van der Waals surface area contributed by atoms with Crippen LogP contribution in [-0.2, 0) is 9.68 Å². The van der Waals surface area contributed by atoms with Crippen molar-refractivity contribution in [2.75, 3.05) is 19.8 Å². The second-order valence-corrected chi connectivity index (χ2v) is 3.66. The van der Waals surface area contributed by atoms with E-state index in [-0.39, 0.29) is 5.92 Å². The molecule has 1 aromatic rings. The average Bonchev–Trinajstić information content (AvgIpc) is 2.78. The lowest BCUT2D eigenvalue weighted by Gasteiger charge is -2.11. The van der Waals surface area contributed by atoms with Gasteiger partial charge in [-0.25, -0.2) is 0 Å². The highest BCUT2D eigenvalue weighted by Gasteiger charge is 2.25. The molecule has 0 aromatic heterocycles. The third kappa shape index (κ3) is 2.39. The Hall–Kier alpha value is -1.41. The van der Waals surface area contributed by atoms with Gasteiger partial charge in [0, 0.05) is 5.92 Å². The summed E-state index contributed by atoms with van der Waals surface area (Å²) >= 11 is 0. The first kappa shape index (κ1) is 11.1. The summed E-state index contributed by atoms with van der Waals surface area (Å²) < 4.78 is 0. The SMILES string of the molecule is CCON1CC(c2cccc(C#N)c2)CO1. The van der Waals surface area contributed by atoms with Gasteiger partial charge in [0.15, 0.2) is 0 Å². The van der Waals surface area contributed by atoms with E-state index in [4.69, 9.17) is 14.9 Å². The molecule has 84 valence electrons. The quantitative estimate of drug-likeness (QED) is 0.776. The number of hydrogen-bond acceptors (Lipinski definition) is 4. The largest absolute Gasteiger partial charge is 0.274 e. The Kier molecular flexibility index (Phi) is 3.52. The molecule has 1 aliphatic heterocycles. The highest BCUT2D eigenvalue weighted by Crippen LogP contribution is 2.24. The maximum absolute atomic E-state index is 8.82. The first-order valence-corrected chi connectivity index (χ1v) is 5.37. The molecule has 0 aliphatic carbocycles. The van der Waals surface area contributed by atoms with E-state index < -0.39 is 0 Å². The zero-order valence-corrected chi connectivity index (χ0v) is 9.22. The number of hydroxylamine groups is 2. The minimum Gasteiger partial charge on any atom is -0.274 e. The summed E-state index contributed by atoms with van der Waals surface area (Å²) in [7, 11) is 0. The molecular formula is C12H14N2O2. The van der Waals surface area contributed by atoms with Gasteiger partial charge in [-0.15, -0.1) is 0 Å². The fourth-order valence-corrected chi connectivity index (χ4v) is 1.76. The molecule has 1 saturated heterocycles. The van der Waals surface area contributed by atoms with E-state index in [1.54, 1.807) is 6.07 Å². The van der Waals surface area contributed by atoms with Gasteiger partial charge in [-0.05, 0) is 24.6 Å². The highest BCUT2D eigenvalue weighted by atomic mass is 17.0. The van der Waals surface area contributed by atoms with E-state index in [1.165, 1.54) is 5.23 Å². The smallest absolute Gasteiger partial charge is 0.0991 e. The van der Waals surface area contributed by atoms with Gasteiger partial charge in [-0.1, -0.05) is 17.4 Å².